The maximum absolute atomic E-state index is 12.0. The molecule has 0 aliphatic carbocycles. The van der Waals surface area contributed by atoms with Crippen LogP contribution in [0.1, 0.15) is 36.7 Å². The van der Waals surface area contributed by atoms with Crippen molar-refractivity contribution in [3.8, 4) is 0 Å². The zero-order valence-corrected chi connectivity index (χ0v) is 13.5. The Balaban J connectivity index is 1.90. The predicted octanol–water partition coefficient (Wildman–Crippen LogP) is 2.15. The lowest BCUT2D eigenvalue weighted by atomic mass is 9.87. The molecule has 0 fully saturated rings. The Hall–Kier alpha value is -2.15. The van der Waals surface area contributed by atoms with Gasteiger partial charge in [-0.3, -0.25) is 20.0 Å². The molecule has 1 aromatic carbocycles. The second-order valence-electron chi connectivity index (χ2n) is 5.78. The lowest BCUT2D eigenvalue weighted by Gasteiger charge is -2.18. The number of amides is 2. The van der Waals surface area contributed by atoms with Gasteiger partial charge in [0.1, 0.15) is 6.33 Å². The van der Waals surface area contributed by atoms with Crippen molar-refractivity contribution in [1.82, 2.24) is 20.5 Å². The van der Waals surface area contributed by atoms with Crippen LogP contribution in [0.15, 0.2) is 35.7 Å². The third-order valence-electron chi connectivity index (χ3n) is 3.00. The number of carbonyl (C=O) groups is 2. The number of nitrogens with zero attached hydrogens (tertiary/aromatic N) is 2. The Morgan fingerprint density at radius 2 is 1.91 bits per heavy atom. The number of nitrogens with one attached hydrogen (secondary N) is 2. The maximum Gasteiger partial charge on any atom is 0.257 e. The van der Waals surface area contributed by atoms with Crippen LogP contribution < -0.4 is 5.32 Å². The number of hydrogen-bond donors (Lipinski definition) is 2. The molecule has 116 valence electrons. The molecule has 2 N–H and O–H groups in total. The topological polar surface area (TPSA) is 87.7 Å². The van der Waals surface area contributed by atoms with E-state index in [1.807, 2.05) is 12.1 Å². The fourth-order valence-electron chi connectivity index (χ4n) is 1.75. The molecule has 0 atom stereocenters. The zero-order chi connectivity index (χ0) is 16.2. The monoisotopic (exact) mass is 318 g/mol. The molecule has 2 rings (SSSR count). The molecule has 0 saturated heterocycles. The Morgan fingerprint density at radius 1 is 1.23 bits per heavy atom. The first-order valence-corrected chi connectivity index (χ1v) is 7.78. The number of thioether (sulfide) groups is 1. The standard InChI is InChI=1S/C15H18N4O2S/c1-15(2,3)11-6-4-10(5-7-11)13(21)18-12(20)8-22-14-16-9-17-19-14/h4-7,9H,8H2,1-3H3,(H,16,17,19)(H,18,20,21). The highest BCUT2D eigenvalue weighted by molar-refractivity contribution is 7.99. The molecule has 1 heterocycles. The normalized spacial score (nSPS) is 11.2. The van der Waals surface area contributed by atoms with Crippen molar-refractivity contribution < 1.29 is 9.59 Å². The van der Waals surface area contributed by atoms with Crippen LogP contribution in [0, 0.1) is 0 Å². The summed E-state index contributed by atoms with van der Waals surface area (Å²) in [5.41, 5.74) is 1.63. The van der Waals surface area contributed by atoms with E-state index in [-0.39, 0.29) is 17.1 Å². The lowest BCUT2D eigenvalue weighted by molar-refractivity contribution is -0.117. The van der Waals surface area contributed by atoms with Crippen molar-refractivity contribution in [2.45, 2.75) is 31.3 Å². The molecule has 0 unspecified atom stereocenters. The second kappa shape index (κ2) is 6.74. The van der Waals surface area contributed by atoms with Gasteiger partial charge in [0.2, 0.25) is 5.91 Å². The Morgan fingerprint density at radius 3 is 2.45 bits per heavy atom. The van der Waals surface area contributed by atoms with E-state index in [0.29, 0.717) is 10.7 Å². The van der Waals surface area contributed by atoms with E-state index in [0.717, 1.165) is 5.56 Å². The van der Waals surface area contributed by atoms with E-state index >= 15 is 0 Å². The van der Waals surface area contributed by atoms with Gasteiger partial charge in [-0.1, -0.05) is 44.7 Å². The molecule has 22 heavy (non-hydrogen) atoms. The average Bonchev–Trinajstić information content (AvgIpc) is 2.97. The van der Waals surface area contributed by atoms with Crippen LogP contribution >= 0.6 is 11.8 Å². The number of benzene rings is 1. The van der Waals surface area contributed by atoms with Crippen molar-refractivity contribution >= 4 is 23.6 Å². The summed E-state index contributed by atoms with van der Waals surface area (Å²) in [6.45, 7) is 6.31. The molecule has 0 spiro atoms. The first kappa shape index (κ1) is 16.2. The van der Waals surface area contributed by atoms with Gasteiger partial charge in [-0.15, -0.1) is 0 Å². The summed E-state index contributed by atoms with van der Waals surface area (Å²) < 4.78 is 0. The molecule has 0 bridgehead atoms. The van der Waals surface area contributed by atoms with Crippen molar-refractivity contribution in [2.24, 2.45) is 0 Å². The van der Waals surface area contributed by atoms with Crippen LogP contribution in [-0.4, -0.2) is 32.7 Å². The first-order valence-electron chi connectivity index (χ1n) is 6.79. The first-order chi connectivity index (χ1) is 10.4. The van der Waals surface area contributed by atoms with Gasteiger partial charge >= 0.3 is 0 Å². The second-order valence-corrected chi connectivity index (χ2v) is 6.75. The van der Waals surface area contributed by atoms with Gasteiger partial charge in [0.05, 0.1) is 5.75 Å². The molecule has 7 heteroatoms. The van der Waals surface area contributed by atoms with Gasteiger partial charge in [-0.2, -0.15) is 5.10 Å². The highest BCUT2D eigenvalue weighted by Crippen LogP contribution is 2.22. The van der Waals surface area contributed by atoms with Crippen molar-refractivity contribution in [3.63, 3.8) is 0 Å². The highest BCUT2D eigenvalue weighted by Gasteiger charge is 2.15. The van der Waals surface area contributed by atoms with Crippen molar-refractivity contribution in [3.05, 3.63) is 41.7 Å². The molecule has 2 aromatic rings. The number of carbonyl (C=O) groups excluding carboxylic acids is 2. The summed E-state index contributed by atoms with van der Waals surface area (Å²) >= 11 is 1.18. The van der Waals surface area contributed by atoms with Crippen LogP contribution in [0.3, 0.4) is 0 Å². The molecule has 0 aliphatic rings. The van der Waals surface area contributed by atoms with Crippen LogP contribution in [0.25, 0.3) is 0 Å². The number of imide groups is 1. The Labute approximate surface area is 133 Å². The summed E-state index contributed by atoms with van der Waals surface area (Å²) in [5, 5.41) is 9.21. The van der Waals surface area contributed by atoms with Gasteiger partial charge in [-0.25, -0.2) is 4.98 Å². The van der Waals surface area contributed by atoms with Crippen LogP contribution in [0.4, 0.5) is 0 Å². The Kier molecular flexibility index (Phi) is 4.97. The minimum Gasteiger partial charge on any atom is -0.292 e. The van der Waals surface area contributed by atoms with E-state index in [1.165, 1.54) is 18.1 Å². The van der Waals surface area contributed by atoms with E-state index in [1.54, 1.807) is 12.1 Å². The predicted molar refractivity (Wildman–Crippen MR) is 84.7 cm³/mol. The zero-order valence-electron chi connectivity index (χ0n) is 12.7. The summed E-state index contributed by atoms with van der Waals surface area (Å²) in [5.74, 6) is -0.670. The fourth-order valence-corrected chi connectivity index (χ4v) is 2.33. The smallest absolute Gasteiger partial charge is 0.257 e. The molecule has 0 aliphatic heterocycles. The number of rotatable bonds is 4. The average molecular weight is 318 g/mol. The van der Waals surface area contributed by atoms with Crippen LogP contribution in [-0.2, 0) is 10.2 Å². The van der Waals surface area contributed by atoms with Gasteiger partial charge in [-0.05, 0) is 23.1 Å². The fraction of sp³-hybridized carbons (Fsp3) is 0.333. The van der Waals surface area contributed by atoms with E-state index in [9.17, 15) is 9.59 Å². The summed E-state index contributed by atoms with van der Waals surface area (Å²) in [6.07, 6.45) is 1.36. The van der Waals surface area contributed by atoms with Gasteiger partial charge in [0, 0.05) is 5.56 Å². The Bertz CT molecular complexity index is 645. The number of aromatic amines is 1. The van der Waals surface area contributed by atoms with Crippen LogP contribution in [0.5, 0.6) is 0 Å². The minimum absolute atomic E-state index is 0.0263. The van der Waals surface area contributed by atoms with Gasteiger partial charge in [0.25, 0.3) is 5.91 Å². The number of aromatic nitrogens is 3. The minimum atomic E-state index is -0.399. The molecule has 6 nitrogen and oxygen atoms in total. The molecular weight excluding hydrogens is 300 g/mol. The summed E-state index contributed by atoms with van der Waals surface area (Å²) in [4.78, 5) is 27.6. The SMILES string of the molecule is CC(C)(C)c1ccc(C(=O)NC(=O)CSc2ncn[nH]2)cc1. The summed E-state index contributed by atoms with van der Waals surface area (Å²) in [7, 11) is 0. The molecular formula is C15H18N4O2S. The van der Waals surface area contributed by atoms with E-state index in [2.05, 4.69) is 41.3 Å². The van der Waals surface area contributed by atoms with Gasteiger partial charge in [0.15, 0.2) is 5.16 Å². The van der Waals surface area contributed by atoms with Crippen molar-refractivity contribution in [2.75, 3.05) is 5.75 Å². The van der Waals surface area contributed by atoms with Crippen molar-refractivity contribution in [1.29, 1.82) is 0 Å². The molecule has 2 amide bonds. The van der Waals surface area contributed by atoms with Gasteiger partial charge < -0.3 is 0 Å². The largest absolute Gasteiger partial charge is 0.292 e. The number of hydrogen-bond acceptors (Lipinski definition) is 5. The summed E-state index contributed by atoms with van der Waals surface area (Å²) in [6, 6.07) is 7.27. The highest BCUT2D eigenvalue weighted by atomic mass is 32.2. The third-order valence-corrected chi connectivity index (χ3v) is 3.88. The van der Waals surface area contributed by atoms with E-state index < -0.39 is 5.91 Å². The molecule has 0 saturated carbocycles. The number of H-pyrrole nitrogens is 1. The van der Waals surface area contributed by atoms with E-state index in [4.69, 9.17) is 0 Å². The maximum atomic E-state index is 12.0. The third kappa shape index (κ3) is 4.42. The quantitative estimate of drug-likeness (QED) is 0.843. The lowest BCUT2D eigenvalue weighted by Crippen LogP contribution is -2.31. The molecule has 0 radical (unpaired) electrons. The van der Waals surface area contributed by atoms with Crippen LogP contribution in [0.2, 0.25) is 0 Å². The molecule has 1 aromatic heterocycles.